The van der Waals surface area contributed by atoms with E-state index in [2.05, 4.69) is 10.6 Å². The van der Waals surface area contributed by atoms with Gasteiger partial charge in [-0.05, 0) is 23.6 Å². The molecular weight excluding hydrogens is 298 g/mol. The maximum absolute atomic E-state index is 12.9. The van der Waals surface area contributed by atoms with Gasteiger partial charge in [0.1, 0.15) is 11.6 Å². The molecular formula is C14H12F2N2O2S. The van der Waals surface area contributed by atoms with E-state index < -0.39 is 17.5 Å². The SMILES string of the molecule is O=C(CCNC(=O)c1cccs1)Nc1cc(F)cc(F)c1. The molecule has 0 bridgehead atoms. The number of carbonyl (C=O) groups excluding carboxylic acids is 2. The van der Waals surface area contributed by atoms with E-state index in [-0.39, 0.29) is 24.6 Å². The second-order valence-electron chi connectivity index (χ2n) is 4.19. The summed E-state index contributed by atoms with van der Waals surface area (Å²) in [4.78, 5) is 23.8. The lowest BCUT2D eigenvalue weighted by molar-refractivity contribution is -0.116. The first-order valence-electron chi connectivity index (χ1n) is 6.12. The van der Waals surface area contributed by atoms with Gasteiger partial charge in [-0.1, -0.05) is 6.07 Å². The normalized spacial score (nSPS) is 10.2. The summed E-state index contributed by atoms with van der Waals surface area (Å²) in [5, 5.41) is 6.73. The molecule has 2 rings (SSSR count). The van der Waals surface area contributed by atoms with E-state index in [1.54, 1.807) is 17.5 Å². The lowest BCUT2D eigenvalue weighted by Gasteiger charge is -2.06. The maximum atomic E-state index is 12.9. The number of carbonyl (C=O) groups is 2. The van der Waals surface area contributed by atoms with Crippen LogP contribution < -0.4 is 10.6 Å². The average molecular weight is 310 g/mol. The predicted octanol–water partition coefficient (Wildman–Crippen LogP) is 2.78. The molecule has 2 aromatic rings. The lowest BCUT2D eigenvalue weighted by Crippen LogP contribution is -2.27. The number of hydrogen-bond donors (Lipinski definition) is 2. The van der Waals surface area contributed by atoms with Crippen LogP contribution in [-0.4, -0.2) is 18.4 Å². The van der Waals surface area contributed by atoms with Crippen molar-refractivity contribution in [3.8, 4) is 0 Å². The zero-order valence-electron chi connectivity index (χ0n) is 10.9. The third-order valence-corrected chi connectivity index (χ3v) is 3.40. The largest absolute Gasteiger partial charge is 0.351 e. The van der Waals surface area contributed by atoms with Crippen LogP contribution in [0.15, 0.2) is 35.7 Å². The minimum Gasteiger partial charge on any atom is -0.351 e. The Morgan fingerprint density at radius 1 is 1.14 bits per heavy atom. The molecule has 0 unspecified atom stereocenters. The van der Waals surface area contributed by atoms with E-state index in [0.717, 1.165) is 18.2 Å². The van der Waals surface area contributed by atoms with Crippen molar-refractivity contribution in [1.29, 1.82) is 0 Å². The van der Waals surface area contributed by atoms with Gasteiger partial charge >= 0.3 is 0 Å². The van der Waals surface area contributed by atoms with Crippen molar-refractivity contribution in [3.63, 3.8) is 0 Å². The summed E-state index contributed by atoms with van der Waals surface area (Å²) in [6.45, 7) is 0.139. The molecule has 1 aromatic carbocycles. The number of rotatable bonds is 5. The van der Waals surface area contributed by atoms with Crippen LogP contribution in [0.2, 0.25) is 0 Å². The van der Waals surface area contributed by atoms with Crippen LogP contribution >= 0.6 is 11.3 Å². The molecule has 0 spiro atoms. The van der Waals surface area contributed by atoms with E-state index in [1.165, 1.54) is 11.3 Å². The number of amides is 2. The van der Waals surface area contributed by atoms with Crippen molar-refractivity contribution in [1.82, 2.24) is 5.32 Å². The number of halogens is 2. The molecule has 1 aromatic heterocycles. The van der Waals surface area contributed by atoms with Gasteiger partial charge in [0.2, 0.25) is 5.91 Å². The highest BCUT2D eigenvalue weighted by atomic mass is 32.1. The fourth-order valence-electron chi connectivity index (χ4n) is 1.63. The van der Waals surface area contributed by atoms with Crippen molar-refractivity contribution in [2.75, 3.05) is 11.9 Å². The van der Waals surface area contributed by atoms with Crippen molar-refractivity contribution in [2.24, 2.45) is 0 Å². The summed E-state index contributed by atoms with van der Waals surface area (Å²) in [6.07, 6.45) is 0.00917. The van der Waals surface area contributed by atoms with Gasteiger partial charge in [0.05, 0.1) is 4.88 Å². The van der Waals surface area contributed by atoms with Crippen LogP contribution in [0.5, 0.6) is 0 Å². The topological polar surface area (TPSA) is 58.2 Å². The Bertz CT molecular complexity index is 624. The highest BCUT2D eigenvalue weighted by Gasteiger charge is 2.08. The van der Waals surface area contributed by atoms with E-state index >= 15 is 0 Å². The molecule has 0 aliphatic rings. The highest BCUT2D eigenvalue weighted by Crippen LogP contribution is 2.13. The van der Waals surface area contributed by atoms with E-state index in [1.807, 2.05) is 0 Å². The van der Waals surface area contributed by atoms with Crippen LogP contribution in [0.4, 0.5) is 14.5 Å². The van der Waals surface area contributed by atoms with Crippen molar-refractivity contribution in [3.05, 3.63) is 52.2 Å². The summed E-state index contributed by atoms with van der Waals surface area (Å²) in [5.41, 5.74) is 0.0436. The molecule has 0 aliphatic carbocycles. The first-order valence-corrected chi connectivity index (χ1v) is 7.00. The molecule has 4 nitrogen and oxygen atoms in total. The molecule has 2 N–H and O–H groups in total. The summed E-state index contributed by atoms with van der Waals surface area (Å²) >= 11 is 1.30. The highest BCUT2D eigenvalue weighted by molar-refractivity contribution is 7.12. The molecule has 0 radical (unpaired) electrons. The van der Waals surface area contributed by atoms with Gasteiger partial charge in [-0.2, -0.15) is 0 Å². The molecule has 0 saturated heterocycles. The van der Waals surface area contributed by atoms with Gasteiger partial charge in [0.15, 0.2) is 0 Å². The van der Waals surface area contributed by atoms with Gasteiger partial charge in [-0.25, -0.2) is 8.78 Å². The smallest absolute Gasteiger partial charge is 0.261 e. The first kappa shape index (κ1) is 15.1. The molecule has 0 aliphatic heterocycles. The number of thiophene rings is 1. The van der Waals surface area contributed by atoms with Crippen LogP contribution in [-0.2, 0) is 4.79 Å². The average Bonchev–Trinajstić information content (AvgIpc) is 2.90. The molecule has 0 fully saturated rings. The standard InChI is InChI=1S/C14H12F2N2O2S/c15-9-6-10(16)8-11(7-9)18-13(19)3-4-17-14(20)12-2-1-5-21-12/h1-2,5-8H,3-4H2,(H,17,20)(H,18,19). The quantitative estimate of drug-likeness (QED) is 0.892. The molecule has 0 saturated carbocycles. The van der Waals surface area contributed by atoms with Crippen LogP contribution in [0.25, 0.3) is 0 Å². The minimum absolute atomic E-state index is 0.00917. The number of nitrogens with one attached hydrogen (secondary N) is 2. The van der Waals surface area contributed by atoms with Crippen LogP contribution in [0.3, 0.4) is 0 Å². The lowest BCUT2D eigenvalue weighted by atomic mass is 10.3. The molecule has 1 heterocycles. The van der Waals surface area contributed by atoms with E-state index in [0.29, 0.717) is 4.88 Å². The Balaban J connectivity index is 1.78. The zero-order valence-corrected chi connectivity index (χ0v) is 11.7. The van der Waals surface area contributed by atoms with Crippen LogP contribution in [0, 0.1) is 11.6 Å². The van der Waals surface area contributed by atoms with Crippen LogP contribution in [0.1, 0.15) is 16.1 Å². The van der Waals surface area contributed by atoms with Gasteiger partial charge in [-0.15, -0.1) is 11.3 Å². The Labute approximate surface area is 123 Å². The summed E-state index contributed by atoms with van der Waals surface area (Å²) in [7, 11) is 0. The minimum atomic E-state index is -0.767. The monoisotopic (exact) mass is 310 g/mol. The fourth-order valence-corrected chi connectivity index (χ4v) is 2.27. The van der Waals surface area contributed by atoms with Gasteiger partial charge in [0, 0.05) is 24.7 Å². The Kier molecular flexibility index (Phi) is 4.99. The predicted molar refractivity (Wildman–Crippen MR) is 76.3 cm³/mol. The Hall–Kier alpha value is -2.28. The molecule has 2 amide bonds. The second kappa shape index (κ2) is 6.94. The van der Waals surface area contributed by atoms with Gasteiger partial charge < -0.3 is 10.6 Å². The number of hydrogen-bond acceptors (Lipinski definition) is 3. The Morgan fingerprint density at radius 3 is 2.48 bits per heavy atom. The first-order chi connectivity index (χ1) is 10.0. The van der Waals surface area contributed by atoms with E-state index in [4.69, 9.17) is 0 Å². The number of benzene rings is 1. The second-order valence-corrected chi connectivity index (χ2v) is 5.14. The summed E-state index contributed by atoms with van der Waals surface area (Å²) in [5.74, 6) is -2.23. The zero-order chi connectivity index (χ0) is 15.2. The molecule has 110 valence electrons. The Morgan fingerprint density at radius 2 is 1.86 bits per heavy atom. The summed E-state index contributed by atoms with van der Waals surface area (Å²) in [6, 6.07) is 6.19. The van der Waals surface area contributed by atoms with Crippen molar-refractivity contribution >= 4 is 28.8 Å². The van der Waals surface area contributed by atoms with E-state index in [9.17, 15) is 18.4 Å². The fraction of sp³-hybridized carbons (Fsp3) is 0.143. The van der Waals surface area contributed by atoms with Crippen molar-refractivity contribution in [2.45, 2.75) is 6.42 Å². The third kappa shape index (κ3) is 4.64. The summed E-state index contributed by atoms with van der Waals surface area (Å²) < 4.78 is 25.9. The maximum Gasteiger partial charge on any atom is 0.261 e. The molecule has 7 heteroatoms. The molecule has 21 heavy (non-hydrogen) atoms. The molecule has 0 atom stereocenters. The number of anilines is 1. The van der Waals surface area contributed by atoms with Gasteiger partial charge in [0.25, 0.3) is 5.91 Å². The third-order valence-electron chi connectivity index (χ3n) is 2.53. The van der Waals surface area contributed by atoms with Gasteiger partial charge in [-0.3, -0.25) is 9.59 Å². The van der Waals surface area contributed by atoms with Crippen molar-refractivity contribution < 1.29 is 18.4 Å².